The minimum atomic E-state index is -3.58. The second-order valence-corrected chi connectivity index (χ2v) is 5.10. The zero-order valence-corrected chi connectivity index (χ0v) is 10.1. The minimum absolute atomic E-state index is 0.0570. The number of rotatable bonds is 6. The van der Waals surface area contributed by atoms with Gasteiger partial charge in [0, 0.05) is 17.9 Å². The Hall–Kier alpha value is -0.990. The zero-order valence-electron chi connectivity index (χ0n) is 8.55. The van der Waals surface area contributed by atoms with E-state index in [1.807, 2.05) is 0 Å². The van der Waals surface area contributed by atoms with Crippen LogP contribution in [-0.2, 0) is 16.6 Å². The molecule has 0 aliphatic carbocycles. The molecule has 96 valence electrons. The highest BCUT2D eigenvalue weighted by Crippen LogP contribution is 2.12. The van der Waals surface area contributed by atoms with Crippen LogP contribution in [0.25, 0.3) is 0 Å². The third kappa shape index (κ3) is 4.41. The van der Waals surface area contributed by atoms with Crippen LogP contribution in [0, 0.1) is 0 Å². The summed E-state index contributed by atoms with van der Waals surface area (Å²) in [5.74, 6) is -0.371. The number of nitrogens with one attached hydrogen (secondary N) is 1. The van der Waals surface area contributed by atoms with Crippen LogP contribution in [0.3, 0.4) is 0 Å². The molecule has 0 aromatic carbocycles. The molecule has 0 saturated heterocycles. The van der Waals surface area contributed by atoms with Crippen LogP contribution in [0.15, 0.2) is 24.0 Å². The molecule has 0 unspecified atom stereocenters. The van der Waals surface area contributed by atoms with E-state index in [4.69, 9.17) is 11.6 Å². The van der Waals surface area contributed by atoms with E-state index in [-0.39, 0.29) is 18.1 Å². The molecule has 1 aromatic rings. The summed E-state index contributed by atoms with van der Waals surface area (Å²) in [4.78, 5) is 3.63. The van der Waals surface area contributed by atoms with Gasteiger partial charge in [0.1, 0.15) is 5.82 Å². The van der Waals surface area contributed by atoms with Gasteiger partial charge >= 0.3 is 6.55 Å². The molecule has 0 amide bonds. The fraction of sp³-hybridized carbons (Fsp3) is 0.375. The molecule has 0 spiro atoms. The van der Waals surface area contributed by atoms with Gasteiger partial charge in [0.05, 0.1) is 12.3 Å². The molecule has 0 atom stereocenters. The lowest BCUT2D eigenvalue weighted by Crippen LogP contribution is -2.26. The predicted molar refractivity (Wildman–Crippen MR) is 59.1 cm³/mol. The van der Waals surface area contributed by atoms with E-state index in [1.165, 1.54) is 12.3 Å². The number of halogens is 3. The second kappa shape index (κ2) is 6.08. The molecule has 0 fully saturated rings. The molecule has 0 bridgehead atoms. The minimum Gasteiger partial charge on any atom is -0.277 e. The highest BCUT2D eigenvalue weighted by atomic mass is 35.5. The Balaban J connectivity index is 2.64. The summed E-state index contributed by atoms with van der Waals surface area (Å²) in [5.41, 5.74) is 1.07. The number of sulfonamides is 1. The topological polar surface area (TPSA) is 64.0 Å². The Morgan fingerprint density at radius 2 is 2.29 bits per heavy atom. The molecule has 9 heteroatoms. The van der Waals surface area contributed by atoms with E-state index in [9.17, 15) is 17.2 Å². The normalized spacial score (nSPS) is 12.7. The van der Waals surface area contributed by atoms with Crippen molar-refractivity contribution in [2.45, 2.75) is 13.1 Å². The van der Waals surface area contributed by atoms with Gasteiger partial charge in [0.25, 0.3) is 0 Å². The maximum absolute atomic E-state index is 12.4. The van der Waals surface area contributed by atoms with Gasteiger partial charge in [-0.1, -0.05) is 17.7 Å². The first-order valence-corrected chi connectivity index (χ1v) is 6.57. The van der Waals surface area contributed by atoms with Crippen LogP contribution < -0.4 is 4.72 Å². The van der Waals surface area contributed by atoms with Crippen molar-refractivity contribution in [2.75, 3.05) is 5.75 Å². The lowest BCUT2D eigenvalue weighted by molar-refractivity contribution is 0.0669. The summed E-state index contributed by atoms with van der Waals surface area (Å²) >= 11 is 5.19. The van der Waals surface area contributed by atoms with Crippen LogP contribution in [0.1, 0.15) is 12.4 Å². The number of nitrogens with zero attached hydrogens (tertiary/aromatic N) is 2. The Morgan fingerprint density at radius 3 is 2.88 bits per heavy atom. The lowest BCUT2D eigenvalue weighted by atomic mass is 10.6. The number of alkyl halides is 2. The van der Waals surface area contributed by atoms with Crippen LogP contribution in [0.5, 0.6) is 0 Å². The van der Waals surface area contributed by atoms with Crippen LogP contribution in [0.4, 0.5) is 8.78 Å². The van der Waals surface area contributed by atoms with E-state index >= 15 is 0 Å². The molecule has 0 saturated carbocycles. The monoisotopic (exact) mass is 285 g/mol. The molecule has 5 nitrogen and oxygen atoms in total. The van der Waals surface area contributed by atoms with Crippen molar-refractivity contribution >= 4 is 21.6 Å². The number of hydrogen-bond acceptors (Lipinski definition) is 3. The van der Waals surface area contributed by atoms with E-state index in [0.717, 1.165) is 11.7 Å². The quantitative estimate of drug-likeness (QED) is 0.860. The molecule has 0 aliphatic rings. The third-order valence-electron chi connectivity index (χ3n) is 1.81. The second-order valence-electron chi connectivity index (χ2n) is 2.99. The summed E-state index contributed by atoms with van der Waals surface area (Å²) < 4.78 is 50.2. The SMILES string of the molecule is O=S(=O)(C/C=C/Cl)NCc1nccn1C(F)F. The molecule has 0 radical (unpaired) electrons. The summed E-state index contributed by atoms with van der Waals surface area (Å²) in [6, 6.07) is 0. The maximum Gasteiger partial charge on any atom is 0.319 e. The van der Waals surface area contributed by atoms with Crippen molar-refractivity contribution in [1.29, 1.82) is 0 Å². The van der Waals surface area contributed by atoms with E-state index in [1.54, 1.807) is 0 Å². The average Bonchev–Trinajstić information content (AvgIpc) is 2.72. The van der Waals surface area contributed by atoms with E-state index in [0.29, 0.717) is 4.57 Å². The molecule has 1 rings (SSSR count). The van der Waals surface area contributed by atoms with Gasteiger partial charge in [-0.2, -0.15) is 8.78 Å². The Bertz CT molecular complexity index is 487. The van der Waals surface area contributed by atoms with Gasteiger partial charge in [-0.3, -0.25) is 4.57 Å². The maximum atomic E-state index is 12.4. The van der Waals surface area contributed by atoms with Crippen molar-refractivity contribution in [3.05, 3.63) is 29.8 Å². The molecule has 1 N–H and O–H groups in total. The van der Waals surface area contributed by atoms with Crippen molar-refractivity contribution in [3.63, 3.8) is 0 Å². The van der Waals surface area contributed by atoms with Crippen molar-refractivity contribution < 1.29 is 17.2 Å². The van der Waals surface area contributed by atoms with Crippen molar-refractivity contribution in [2.24, 2.45) is 0 Å². The first-order valence-electron chi connectivity index (χ1n) is 4.48. The first kappa shape index (κ1) is 14.1. The summed E-state index contributed by atoms with van der Waals surface area (Å²) in [6.07, 6.45) is 3.48. The number of aromatic nitrogens is 2. The lowest BCUT2D eigenvalue weighted by Gasteiger charge is -2.07. The van der Waals surface area contributed by atoms with Crippen molar-refractivity contribution in [3.8, 4) is 0 Å². The standard InChI is InChI=1S/C8H10ClF2N3O2S/c9-2-1-5-17(15,16)13-6-7-12-3-4-14(7)8(10)11/h1-4,8,13H,5-6H2/b2-1+. The highest BCUT2D eigenvalue weighted by Gasteiger charge is 2.14. The van der Waals surface area contributed by atoms with Gasteiger partial charge in [-0.15, -0.1) is 0 Å². The molecular weight excluding hydrogens is 276 g/mol. The molecule has 17 heavy (non-hydrogen) atoms. The largest absolute Gasteiger partial charge is 0.319 e. The van der Waals surface area contributed by atoms with Gasteiger partial charge in [0.2, 0.25) is 10.0 Å². The fourth-order valence-corrected chi connectivity index (χ4v) is 2.07. The van der Waals surface area contributed by atoms with Crippen molar-refractivity contribution in [1.82, 2.24) is 14.3 Å². The van der Waals surface area contributed by atoms with Crippen LogP contribution in [0.2, 0.25) is 0 Å². The fourth-order valence-electron chi connectivity index (χ4n) is 1.06. The summed E-state index contributed by atoms with van der Waals surface area (Å²) in [6.45, 7) is -3.05. The average molecular weight is 286 g/mol. The first-order chi connectivity index (χ1) is 7.96. The van der Waals surface area contributed by atoms with E-state index < -0.39 is 16.6 Å². The Morgan fingerprint density at radius 1 is 1.59 bits per heavy atom. The molecule has 0 aliphatic heterocycles. The number of imidazole rings is 1. The van der Waals surface area contributed by atoms with Crippen LogP contribution in [-0.4, -0.2) is 23.7 Å². The smallest absolute Gasteiger partial charge is 0.277 e. The van der Waals surface area contributed by atoms with Gasteiger partial charge in [0.15, 0.2) is 0 Å². The molecule has 1 heterocycles. The van der Waals surface area contributed by atoms with Gasteiger partial charge in [-0.05, 0) is 0 Å². The van der Waals surface area contributed by atoms with Gasteiger partial charge < -0.3 is 0 Å². The molecular formula is C8H10ClF2N3O2S. The molecule has 1 aromatic heterocycles. The highest BCUT2D eigenvalue weighted by molar-refractivity contribution is 7.89. The summed E-state index contributed by atoms with van der Waals surface area (Å²) in [5, 5.41) is 0. The zero-order chi connectivity index (χ0) is 12.9. The number of hydrogen-bond donors (Lipinski definition) is 1. The van der Waals surface area contributed by atoms with Crippen LogP contribution >= 0.6 is 11.6 Å². The Kier molecular flexibility index (Phi) is 5.03. The predicted octanol–water partition coefficient (Wildman–Crippen LogP) is 1.45. The van der Waals surface area contributed by atoms with E-state index in [2.05, 4.69) is 9.71 Å². The summed E-state index contributed by atoms with van der Waals surface area (Å²) in [7, 11) is -3.58. The Labute approximate surface area is 102 Å². The van der Waals surface area contributed by atoms with Gasteiger partial charge in [-0.25, -0.2) is 18.1 Å². The third-order valence-corrected chi connectivity index (χ3v) is 3.21.